The monoisotopic (exact) mass is 530 g/mol. The third-order valence-corrected chi connectivity index (χ3v) is 6.67. The summed E-state index contributed by atoms with van der Waals surface area (Å²) in [6, 6.07) is 13.9. The third kappa shape index (κ3) is 5.00. The van der Waals surface area contributed by atoms with Crippen molar-refractivity contribution in [3.63, 3.8) is 0 Å². The second-order valence-corrected chi connectivity index (χ2v) is 9.08. The number of hydrogen-bond donors (Lipinski definition) is 1. The molecule has 0 spiro atoms. The summed E-state index contributed by atoms with van der Waals surface area (Å²) in [5.41, 5.74) is 0.110. The van der Waals surface area contributed by atoms with Gasteiger partial charge in [0.25, 0.3) is 0 Å². The van der Waals surface area contributed by atoms with Crippen molar-refractivity contribution in [1.82, 2.24) is 4.90 Å². The lowest BCUT2D eigenvalue weighted by Crippen LogP contribution is -2.55. The van der Waals surface area contributed by atoms with Crippen LogP contribution in [0, 0.1) is 11.6 Å². The number of alkyl halides is 3. The van der Waals surface area contributed by atoms with Gasteiger partial charge in [0.15, 0.2) is 0 Å². The molecular weight excluding hydrogens is 507 g/mol. The fourth-order valence-electron chi connectivity index (χ4n) is 4.91. The van der Waals surface area contributed by atoms with Crippen molar-refractivity contribution in [2.24, 2.45) is 4.99 Å². The Morgan fingerprint density at radius 1 is 0.895 bits per heavy atom. The van der Waals surface area contributed by atoms with E-state index in [1.54, 1.807) is 17.0 Å². The molecule has 1 fully saturated rings. The number of aliphatic carboxylic acids is 1. The lowest BCUT2D eigenvalue weighted by atomic mass is 9.97. The van der Waals surface area contributed by atoms with Gasteiger partial charge in [0.05, 0.1) is 18.0 Å². The van der Waals surface area contributed by atoms with E-state index in [1.807, 2.05) is 4.90 Å². The van der Waals surface area contributed by atoms with Gasteiger partial charge in [0, 0.05) is 43.1 Å². The van der Waals surface area contributed by atoms with Gasteiger partial charge in [0.1, 0.15) is 17.3 Å². The van der Waals surface area contributed by atoms with E-state index >= 15 is 0 Å². The van der Waals surface area contributed by atoms with Crippen LogP contribution in [-0.4, -0.2) is 48.1 Å². The van der Waals surface area contributed by atoms with Gasteiger partial charge >= 0.3 is 12.1 Å². The molecule has 0 aliphatic carbocycles. The molecule has 1 atom stereocenters. The van der Waals surface area contributed by atoms with Crippen LogP contribution >= 0.6 is 0 Å². The normalized spacial score (nSPS) is 17.8. The van der Waals surface area contributed by atoms with Crippen LogP contribution in [0.25, 0.3) is 0 Å². The van der Waals surface area contributed by atoms with Crippen LogP contribution in [0.15, 0.2) is 71.7 Å². The number of carbonyl (C=O) groups is 1. The van der Waals surface area contributed by atoms with Crippen molar-refractivity contribution in [2.75, 3.05) is 36.0 Å². The lowest BCUT2D eigenvalue weighted by molar-refractivity contribution is -0.138. The minimum Gasteiger partial charge on any atom is -0.481 e. The Labute approximate surface area is 215 Å². The number of para-hydroxylation sites is 1. The summed E-state index contributed by atoms with van der Waals surface area (Å²) in [6.07, 6.45) is -5.11. The van der Waals surface area contributed by atoms with Crippen molar-refractivity contribution in [2.45, 2.75) is 18.6 Å². The van der Waals surface area contributed by atoms with Gasteiger partial charge in [-0.25, -0.2) is 13.8 Å². The van der Waals surface area contributed by atoms with Crippen LogP contribution in [0.4, 0.5) is 39.0 Å². The van der Waals surface area contributed by atoms with Gasteiger partial charge in [-0.3, -0.25) is 4.79 Å². The molecule has 6 nitrogen and oxygen atoms in total. The summed E-state index contributed by atoms with van der Waals surface area (Å²) in [7, 11) is 0. The van der Waals surface area contributed by atoms with Crippen molar-refractivity contribution in [3.05, 3.63) is 89.5 Å². The number of rotatable bonds is 4. The maximum atomic E-state index is 14.9. The Balaban J connectivity index is 1.57. The van der Waals surface area contributed by atoms with E-state index in [-0.39, 0.29) is 28.7 Å². The summed E-state index contributed by atoms with van der Waals surface area (Å²) >= 11 is 0. The molecule has 1 saturated heterocycles. The molecule has 0 bridgehead atoms. The van der Waals surface area contributed by atoms with Gasteiger partial charge in [-0.1, -0.05) is 24.3 Å². The highest BCUT2D eigenvalue weighted by Crippen LogP contribution is 2.43. The van der Waals surface area contributed by atoms with Gasteiger partial charge in [-0.15, -0.1) is 0 Å². The quantitative estimate of drug-likeness (QED) is 0.431. The van der Waals surface area contributed by atoms with Crippen molar-refractivity contribution < 1.29 is 31.9 Å². The molecule has 2 aliphatic rings. The molecule has 0 amide bonds. The zero-order chi connectivity index (χ0) is 27.0. The number of guanidine groups is 1. The predicted octanol–water partition coefficient (Wildman–Crippen LogP) is 5.83. The van der Waals surface area contributed by atoms with E-state index < -0.39 is 36.0 Å². The number of hydrogen-bond acceptors (Lipinski definition) is 5. The molecule has 3 aromatic carbocycles. The molecule has 1 N–H and O–H groups in total. The Hall–Kier alpha value is -4.15. The molecule has 11 heteroatoms. The van der Waals surface area contributed by atoms with E-state index in [2.05, 4.69) is 4.99 Å². The van der Waals surface area contributed by atoms with Gasteiger partial charge in [-0.2, -0.15) is 13.2 Å². The van der Waals surface area contributed by atoms with Crippen molar-refractivity contribution in [1.29, 1.82) is 0 Å². The molecule has 2 heterocycles. The Morgan fingerprint density at radius 3 is 2.24 bits per heavy atom. The maximum absolute atomic E-state index is 14.9. The zero-order valence-corrected chi connectivity index (χ0v) is 20.0. The van der Waals surface area contributed by atoms with Crippen LogP contribution in [0.1, 0.15) is 23.6 Å². The molecule has 1 unspecified atom stereocenters. The molecule has 0 saturated carbocycles. The minimum absolute atomic E-state index is 0.0375. The van der Waals surface area contributed by atoms with Gasteiger partial charge in [0.2, 0.25) is 5.96 Å². The number of carboxylic acids is 1. The first-order valence-electron chi connectivity index (χ1n) is 11.9. The molecule has 0 aromatic heterocycles. The average molecular weight is 530 g/mol. The van der Waals surface area contributed by atoms with Gasteiger partial charge in [-0.05, 0) is 42.5 Å². The number of piperazine rings is 1. The minimum atomic E-state index is -4.62. The maximum Gasteiger partial charge on any atom is 0.416 e. The molecular formula is C27H23F5N4O2. The standard InChI is InChI=1S/C27H23F5N4O2/c28-18-5-2-6-19(15-18)34-10-12-35(13-11-34)26-33-25-21(8-3-9-22(25)29)23(16-24(37)38)36(26)20-7-1-4-17(14-20)27(30,31)32/h1-9,14-15,23H,10-13,16H2,(H,37,38). The van der Waals surface area contributed by atoms with Crippen LogP contribution < -0.4 is 9.80 Å². The number of benzene rings is 3. The van der Waals surface area contributed by atoms with E-state index in [9.17, 15) is 31.9 Å². The summed E-state index contributed by atoms with van der Waals surface area (Å²) in [5, 5.41) is 9.70. The van der Waals surface area contributed by atoms with Crippen molar-refractivity contribution >= 4 is 29.0 Å². The van der Waals surface area contributed by atoms with E-state index in [0.717, 1.165) is 12.1 Å². The predicted molar refractivity (Wildman–Crippen MR) is 133 cm³/mol. The molecule has 0 radical (unpaired) electrons. The Kier molecular flexibility index (Phi) is 6.68. The molecule has 5 rings (SSSR count). The Bertz CT molecular complexity index is 1390. The molecule has 198 valence electrons. The van der Waals surface area contributed by atoms with E-state index in [0.29, 0.717) is 31.9 Å². The summed E-state index contributed by atoms with van der Waals surface area (Å²) in [4.78, 5) is 21.6. The lowest BCUT2D eigenvalue weighted by Gasteiger charge is -2.45. The Morgan fingerprint density at radius 2 is 1.55 bits per heavy atom. The zero-order valence-electron chi connectivity index (χ0n) is 20.0. The fraction of sp³-hybridized carbons (Fsp3) is 0.259. The van der Waals surface area contributed by atoms with Crippen LogP contribution in [0.2, 0.25) is 0 Å². The second kappa shape index (κ2) is 9.96. The number of fused-ring (bicyclic) bond motifs is 1. The number of carboxylic acid groups (broad SMARTS) is 1. The number of aliphatic imine (C=N–C) groups is 1. The highest BCUT2D eigenvalue weighted by molar-refractivity contribution is 6.01. The number of anilines is 2. The highest BCUT2D eigenvalue weighted by atomic mass is 19.4. The van der Waals surface area contributed by atoms with Crippen molar-refractivity contribution in [3.8, 4) is 0 Å². The fourth-order valence-corrected chi connectivity index (χ4v) is 4.91. The summed E-state index contributed by atoms with van der Waals surface area (Å²) < 4.78 is 69.4. The van der Waals surface area contributed by atoms with Gasteiger partial charge < -0.3 is 19.8 Å². The SMILES string of the molecule is O=C(O)CC1c2cccc(F)c2N=C(N2CCN(c3cccc(F)c3)CC2)N1c1cccc(C(F)(F)F)c1. The summed E-state index contributed by atoms with van der Waals surface area (Å²) in [5.74, 6) is -2.06. The largest absolute Gasteiger partial charge is 0.481 e. The number of halogens is 5. The van der Waals surface area contributed by atoms with Crippen LogP contribution in [0.5, 0.6) is 0 Å². The molecule has 38 heavy (non-hydrogen) atoms. The highest BCUT2D eigenvalue weighted by Gasteiger charge is 2.39. The van der Waals surface area contributed by atoms with Crippen LogP contribution in [-0.2, 0) is 11.0 Å². The van der Waals surface area contributed by atoms with Crippen LogP contribution in [0.3, 0.4) is 0 Å². The average Bonchev–Trinajstić information content (AvgIpc) is 2.88. The third-order valence-electron chi connectivity index (χ3n) is 6.67. The molecule has 2 aliphatic heterocycles. The first kappa shape index (κ1) is 25.5. The second-order valence-electron chi connectivity index (χ2n) is 9.08. The summed E-state index contributed by atoms with van der Waals surface area (Å²) in [6.45, 7) is 1.56. The first-order valence-corrected chi connectivity index (χ1v) is 11.9. The van der Waals surface area contributed by atoms with E-state index in [1.165, 1.54) is 47.4 Å². The first-order chi connectivity index (χ1) is 18.1. The smallest absolute Gasteiger partial charge is 0.416 e. The molecule has 3 aromatic rings. The number of nitrogens with zero attached hydrogens (tertiary/aromatic N) is 4. The van der Waals surface area contributed by atoms with E-state index in [4.69, 9.17) is 0 Å². The topological polar surface area (TPSA) is 59.4 Å².